The molecule has 0 radical (unpaired) electrons. The Hall–Kier alpha value is -1.46. The van der Waals surface area contributed by atoms with E-state index in [2.05, 4.69) is 31.2 Å². The number of halogens is 2. The number of anilines is 1. The highest BCUT2D eigenvalue weighted by Crippen LogP contribution is 2.23. The van der Waals surface area contributed by atoms with Crippen LogP contribution in [0.4, 0.5) is 5.69 Å². The first-order chi connectivity index (χ1) is 8.56. The summed E-state index contributed by atoms with van der Waals surface area (Å²) >= 11 is 9.17. The van der Waals surface area contributed by atoms with Gasteiger partial charge < -0.3 is 5.32 Å². The van der Waals surface area contributed by atoms with Gasteiger partial charge in [-0.1, -0.05) is 11.6 Å². The highest BCUT2D eigenvalue weighted by Gasteiger charge is 2.09. The average Bonchev–Trinajstić information content (AvgIpc) is 2.34. The Labute approximate surface area is 118 Å². The Morgan fingerprint density at radius 2 is 2.17 bits per heavy atom. The van der Waals surface area contributed by atoms with Crippen molar-refractivity contribution in [1.29, 1.82) is 0 Å². The van der Waals surface area contributed by atoms with Crippen molar-refractivity contribution in [2.45, 2.75) is 6.92 Å². The normalized spacial score (nSPS) is 10.2. The van der Waals surface area contributed by atoms with Gasteiger partial charge in [0.1, 0.15) is 0 Å². The number of hydrogen-bond acceptors (Lipinski definition) is 3. The Bertz CT molecular complexity index is 604. The zero-order valence-electron chi connectivity index (χ0n) is 9.45. The molecular formula is C12H9BrClN3O. The van der Waals surface area contributed by atoms with E-state index in [0.717, 1.165) is 10.2 Å². The summed E-state index contributed by atoms with van der Waals surface area (Å²) in [6.45, 7) is 1.82. The van der Waals surface area contributed by atoms with E-state index in [4.69, 9.17) is 11.6 Å². The van der Waals surface area contributed by atoms with Crippen LogP contribution in [0.15, 0.2) is 35.1 Å². The maximum atomic E-state index is 12.0. The molecular weight excluding hydrogens is 318 g/mol. The first-order valence-electron chi connectivity index (χ1n) is 5.11. The van der Waals surface area contributed by atoms with E-state index in [1.165, 1.54) is 0 Å². The molecule has 2 aromatic heterocycles. The maximum absolute atomic E-state index is 12.0. The molecule has 2 rings (SSSR count). The lowest BCUT2D eigenvalue weighted by atomic mass is 10.2. The van der Waals surface area contributed by atoms with Gasteiger partial charge in [0.05, 0.1) is 5.69 Å². The molecule has 0 saturated heterocycles. The molecule has 0 aliphatic heterocycles. The first kappa shape index (κ1) is 13.0. The molecule has 0 fully saturated rings. The molecule has 0 aliphatic carbocycles. The fourth-order valence-corrected chi connectivity index (χ4v) is 1.87. The second-order valence-electron chi connectivity index (χ2n) is 3.63. The molecule has 92 valence electrons. The van der Waals surface area contributed by atoms with Gasteiger partial charge in [0.2, 0.25) is 0 Å². The summed E-state index contributed by atoms with van der Waals surface area (Å²) in [5.41, 5.74) is 1.77. The molecule has 6 heteroatoms. The van der Waals surface area contributed by atoms with E-state index >= 15 is 0 Å². The molecule has 0 bridgehead atoms. The van der Waals surface area contributed by atoms with Crippen molar-refractivity contribution in [3.05, 3.63) is 51.5 Å². The summed E-state index contributed by atoms with van der Waals surface area (Å²) in [6.07, 6.45) is 3.15. The van der Waals surface area contributed by atoms with E-state index in [0.29, 0.717) is 11.3 Å². The molecule has 0 atom stereocenters. The molecule has 18 heavy (non-hydrogen) atoms. The van der Waals surface area contributed by atoms with Crippen molar-refractivity contribution in [1.82, 2.24) is 9.97 Å². The molecule has 2 heterocycles. The monoisotopic (exact) mass is 325 g/mol. The summed E-state index contributed by atoms with van der Waals surface area (Å²) in [5.74, 6) is -0.248. The third-order valence-corrected chi connectivity index (χ3v) is 2.95. The van der Waals surface area contributed by atoms with Crippen LogP contribution >= 0.6 is 27.5 Å². The van der Waals surface area contributed by atoms with Gasteiger partial charge in [-0.25, -0.2) is 4.98 Å². The fraction of sp³-hybridized carbons (Fsp3) is 0.0833. The predicted molar refractivity (Wildman–Crippen MR) is 73.9 cm³/mol. The molecule has 4 nitrogen and oxygen atoms in total. The molecule has 1 amide bonds. The highest BCUT2D eigenvalue weighted by atomic mass is 79.9. The van der Waals surface area contributed by atoms with Gasteiger partial charge in [-0.15, -0.1) is 0 Å². The molecule has 0 spiro atoms. The van der Waals surface area contributed by atoms with E-state index in [9.17, 15) is 4.79 Å². The van der Waals surface area contributed by atoms with Crippen LogP contribution in [0, 0.1) is 6.92 Å². The van der Waals surface area contributed by atoms with Crippen molar-refractivity contribution in [2.75, 3.05) is 5.32 Å². The quantitative estimate of drug-likeness (QED) is 0.860. The topological polar surface area (TPSA) is 54.9 Å². The average molecular weight is 327 g/mol. The Balaban J connectivity index is 2.24. The lowest BCUT2D eigenvalue weighted by Crippen LogP contribution is -2.12. The number of aromatic nitrogens is 2. The van der Waals surface area contributed by atoms with Gasteiger partial charge in [-0.3, -0.25) is 9.78 Å². The smallest absolute Gasteiger partial charge is 0.255 e. The number of carbonyl (C=O) groups is 1. The highest BCUT2D eigenvalue weighted by molar-refractivity contribution is 9.10. The van der Waals surface area contributed by atoms with Crippen LogP contribution in [0.2, 0.25) is 5.15 Å². The van der Waals surface area contributed by atoms with Crippen LogP contribution in [-0.4, -0.2) is 15.9 Å². The SMILES string of the molecule is Cc1cc(C(=O)Nc2cc(Br)cnc2Cl)ccn1. The molecule has 0 unspecified atom stereocenters. The van der Waals surface area contributed by atoms with Crippen LogP contribution in [0.5, 0.6) is 0 Å². The van der Waals surface area contributed by atoms with Crippen LogP contribution in [0.25, 0.3) is 0 Å². The van der Waals surface area contributed by atoms with Crippen molar-refractivity contribution in [2.24, 2.45) is 0 Å². The van der Waals surface area contributed by atoms with Gasteiger partial charge in [0, 0.05) is 28.1 Å². The number of pyridine rings is 2. The minimum absolute atomic E-state index is 0.248. The van der Waals surface area contributed by atoms with Crippen LogP contribution < -0.4 is 5.32 Å². The second kappa shape index (κ2) is 5.46. The van der Waals surface area contributed by atoms with Gasteiger partial charge in [-0.05, 0) is 41.1 Å². The molecule has 0 aromatic carbocycles. The van der Waals surface area contributed by atoms with Crippen molar-refractivity contribution >= 4 is 39.1 Å². The third kappa shape index (κ3) is 3.05. The Kier molecular flexibility index (Phi) is 3.93. The van der Waals surface area contributed by atoms with E-state index in [1.54, 1.807) is 30.6 Å². The minimum Gasteiger partial charge on any atom is -0.319 e. The summed E-state index contributed by atoms with van der Waals surface area (Å²) in [4.78, 5) is 20.0. The minimum atomic E-state index is -0.248. The standard InChI is InChI=1S/C12H9BrClN3O/c1-7-4-8(2-3-15-7)12(18)17-10-5-9(13)6-16-11(10)14/h2-6H,1H3,(H,17,18). The Morgan fingerprint density at radius 1 is 1.39 bits per heavy atom. The van der Waals surface area contributed by atoms with Crippen molar-refractivity contribution < 1.29 is 4.79 Å². The number of carbonyl (C=O) groups excluding carboxylic acids is 1. The lowest BCUT2D eigenvalue weighted by molar-refractivity contribution is 0.102. The molecule has 2 aromatic rings. The van der Waals surface area contributed by atoms with Gasteiger partial charge in [0.25, 0.3) is 5.91 Å². The molecule has 1 N–H and O–H groups in total. The summed E-state index contributed by atoms with van der Waals surface area (Å²) in [5, 5.41) is 2.95. The van der Waals surface area contributed by atoms with Crippen LogP contribution in [-0.2, 0) is 0 Å². The largest absolute Gasteiger partial charge is 0.319 e. The third-order valence-electron chi connectivity index (χ3n) is 2.21. The van der Waals surface area contributed by atoms with Crippen LogP contribution in [0.3, 0.4) is 0 Å². The van der Waals surface area contributed by atoms with Crippen molar-refractivity contribution in [3.63, 3.8) is 0 Å². The summed E-state index contributed by atoms with van der Waals surface area (Å²) in [7, 11) is 0. The van der Waals surface area contributed by atoms with E-state index in [-0.39, 0.29) is 11.1 Å². The van der Waals surface area contributed by atoms with Gasteiger partial charge in [-0.2, -0.15) is 0 Å². The van der Waals surface area contributed by atoms with Gasteiger partial charge in [0.15, 0.2) is 5.15 Å². The lowest BCUT2D eigenvalue weighted by Gasteiger charge is -2.07. The summed E-state index contributed by atoms with van der Waals surface area (Å²) in [6, 6.07) is 5.04. The number of amides is 1. The second-order valence-corrected chi connectivity index (χ2v) is 4.91. The zero-order valence-corrected chi connectivity index (χ0v) is 11.8. The van der Waals surface area contributed by atoms with E-state index in [1.807, 2.05) is 6.92 Å². The van der Waals surface area contributed by atoms with Crippen LogP contribution in [0.1, 0.15) is 16.1 Å². The number of rotatable bonds is 2. The first-order valence-corrected chi connectivity index (χ1v) is 6.28. The fourth-order valence-electron chi connectivity index (χ4n) is 1.39. The van der Waals surface area contributed by atoms with Crippen molar-refractivity contribution in [3.8, 4) is 0 Å². The Morgan fingerprint density at radius 3 is 2.89 bits per heavy atom. The summed E-state index contributed by atoms with van der Waals surface area (Å²) < 4.78 is 0.744. The zero-order chi connectivity index (χ0) is 13.1. The number of hydrogen-bond donors (Lipinski definition) is 1. The number of aryl methyl sites for hydroxylation is 1. The van der Waals surface area contributed by atoms with Gasteiger partial charge >= 0.3 is 0 Å². The molecule has 0 aliphatic rings. The maximum Gasteiger partial charge on any atom is 0.255 e. The number of nitrogens with one attached hydrogen (secondary N) is 1. The number of nitrogens with zero attached hydrogens (tertiary/aromatic N) is 2. The predicted octanol–water partition coefficient (Wildman–Crippen LogP) is 3.45. The molecule has 0 saturated carbocycles. The van der Waals surface area contributed by atoms with E-state index < -0.39 is 0 Å².